The molecule has 0 saturated carbocycles. The minimum atomic E-state index is -0.234. The summed E-state index contributed by atoms with van der Waals surface area (Å²) in [7, 11) is 0. The summed E-state index contributed by atoms with van der Waals surface area (Å²) >= 11 is 11.0. The first-order chi connectivity index (χ1) is 10.5. The van der Waals surface area contributed by atoms with Crippen LogP contribution >= 0.6 is 23.8 Å². The van der Waals surface area contributed by atoms with Crippen molar-refractivity contribution in [3.8, 4) is 0 Å². The van der Waals surface area contributed by atoms with Gasteiger partial charge in [0.05, 0.1) is 0 Å². The van der Waals surface area contributed by atoms with Crippen LogP contribution in [0.25, 0.3) is 0 Å². The second-order valence-electron chi connectivity index (χ2n) is 5.19. The van der Waals surface area contributed by atoms with Gasteiger partial charge in [-0.25, -0.2) is 0 Å². The predicted octanol–water partition coefficient (Wildman–Crippen LogP) is 4.59. The molecule has 0 aromatic heterocycles. The molecule has 3 nitrogen and oxygen atoms in total. The Hall–Kier alpha value is -1.91. The highest BCUT2D eigenvalue weighted by molar-refractivity contribution is 7.80. The summed E-state index contributed by atoms with van der Waals surface area (Å²) in [6, 6.07) is 14.6. The molecular weight excluding hydrogens is 316 g/mol. The van der Waals surface area contributed by atoms with Gasteiger partial charge < -0.3 is 5.32 Å². The molecule has 0 bridgehead atoms. The average Bonchev–Trinajstić information content (AvgIpc) is 2.49. The van der Waals surface area contributed by atoms with Gasteiger partial charge in [-0.05, 0) is 60.1 Å². The normalized spacial score (nSPS) is 10.4. The van der Waals surface area contributed by atoms with Crippen molar-refractivity contribution in [2.75, 3.05) is 5.32 Å². The second kappa shape index (κ2) is 7.38. The molecule has 2 N–H and O–H groups in total. The smallest absolute Gasteiger partial charge is 0.257 e. The molecule has 0 spiro atoms. The number of benzene rings is 2. The maximum atomic E-state index is 12.1. The van der Waals surface area contributed by atoms with E-state index in [0.717, 1.165) is 5.69 Å². The molecule has 0 atom stereocenters. The van der Waals surface area contributed by atoms with Crippen molar-refractivity contribution in [1.82, 2.24) is 5.32 Å². The van der Waals surface area contributed by atoms with Gasteiger partial charge in [-0.3, -0.25) is 10.1 Å². The molecule has 2 rings (SSSR count). The zero-order valence-corrected chi connectivity index (χ0v) is 14.0. The number of hydrogen-bond acceptors (Lipinski definition) is 2. The fraction of sp³-hybridized carbons (Fsp3) is 0.176. The number of anilines is 1. The van der Waals surface area contributed by atoms with Gasteiger partial charge in [0.1, 0.15) is 0 Å². The van der Waals surface area contributed by atoms with E-state index in [-0.39, 0.29) is 11.0 Å². The van der Waals surface area contributed by atoms with Crippen LogP contribution in [-0.4, -0.2) is 11.0 Å². The van der Waals surface area contributed by atoms with Crippen LogP contribution in [0, 0.1) is 0 Å². The van der Waals surface area contributed by atoms with Gasteiger partial charge in [0, 0.05) is 16.3 Å². The van der Waals surface area contributed by atoms with Crippen molar-refractivity contribution in [2.45, 2.75) is 19.8 Å². The fourth-order valence-corrected chi connectivity index (χ4v) is 2.23. The summed E-state index contributed by atoms with van der Waals surface area (Å²) in [5.41, 5.74) is 2.54. The van der Waals surface area contributed by atoms with Crippen molar-refractivity contribution >= 4 is 40.5 Å². The van der Waals surface area contributed by atoms with Crippen molar-refractivity contribution in [3.63, 3.8) is 0 Å². The van der Waals surface area contributed by atoms with Gasteiger partial charge in [-0.15, -0.1) is 0 Å². The maximum Gasteiger partial charge on any atom is 0.257 e. The lowest BCUT2D eigenvalue weighted by Crippen LogP contribution is -2.34. The van der Waals surface area contributed by atoms with E-state index in [1.54, 1.807) is 36.4 Å². The zero-order chi connectivity index (χ0) is 16.1. The number of carbonyl (C=O) groups is 1. The lowest BCUT2D eigenvalue weighted by molar-refractivity contribution is 0.0977. The maximum absolute atomic E-state index is 12.1. The predicted molar refractivity (Wildman–Crippen MR) is 95.7 cm³/mol. The summed E-state index contributed by atoms with van der Waals surface area (Å²) in [6.45, 7) is 4.22. The Labute approximate surface area is 140 Å². The van der Waals surface area contributed by atoms with E-state index in [4.69, 9.17) is 23.8 Å². The quantitative estimate of drug-likeness (QED) is 0.808. The summed E-state index contributed by atoms with van der Waals surface area (Å²) in [5, 5.41) is 6.49. The Balaban J connectivity index is 1.96. The largest absolute Gasteiger partial charge is 0.332 e. The van der Waals surface area contributed by atoms with Crippen molar-refractivity contribution in [1.29, 1.82) is 0 Å². The van der Waals surface area contributed by atoms with Crippen LogP contribution in [0.3, 0.4) is 0 Å². The minimum absolute atomic E-state index is 0.234. The molecule has 114 valence electrons. The topological polar surface area (TPSA) is 41.1 Å². The Kier molecular flexibility index (Phi) is 5.52. The van der Waals surface area contributed by atoms with Crippen LogP contribution in [0.1, 0.15) is 35.7 Å². The number of rotatable bonds is 3. The number of hydrogen-bond donors (Lipinski definition) is 2. The van der Waals surface area contributed by atoms with Crippen molar-refractivity contribution < 1.29 is 4.79 Å². The molecule has 5 heteroatoms. The fourth-order valence-electron chi connectivity index (χ4n) is 1.89. The molecule has 0 aliphatic rings. The highest BCUT2D eigenvalue weighted by atomic mass is 35.5. The third-order valence-electron chi connectivity index (χ3n) is 3.17. The van der Waals surface area contributed by atoms with E-state index in [0.29, 0.717) is 16.5 Å². The highest BCUT2D eigenvalue weighted by Crippen LogP contribution is 2.15. The monoisotopic (exact) mass is 332 g/mol. The molecule has 0 fully saturated rings. The van der Waals surface area contributed by atoms with E-state index in [1.165, 1.54) is 5.56 Å². The molecule has 0 aliphatic carbocycles. The van der Waals surface area contributed by atoms with Gasteiger partial charge in [-0.1, -0.05) is 37.6 Å². The van der Waals surface area contributed by atoms with Crippen LogP contribution in [0.4, 0.5) is 5.69 Å². The SMILES string of the molecule is CC(C)c1ccc(C(=O)NC(=S)Nc2ccc(Cl)cc2)cc1. The summed E-state index contributed by atoms with van der Waals surface area (Å²) < 4.78 is 0. The molecule has 0 radical (unpaired) electrons. The Morgan fingerprint density at radius 2 is 1.64 bits per heavy atom. The Morgan fingerprint density at radius 1 is 1.05 bits per heavy atom. The number of halogens is 1. The molecule has 2 aromatic carbocycles. The first-order valence-electron chi connectivity index (χ1n) is 6.93. The highest BCUT2D eigenvalue weighted by Gasteiger charge is 2.08. The summed E-state index contributed by atoms with van der Waals surface area (Å²) in [6.07, 6.45) is 0. The standard InChI is InChI=1S/C17H17ClN2OS/c1-11(2)12-3-5-13(6-4-12)16(21)20-17(22)19-15-9-7-14(18)8-10-15/h3-11H,1-2H3,(H2,19,20,21,22). The summed E-state index contributed by atoms with van der Waals surface area (Å²) in [5.74, 6) is 0.200. The van der Waals surface area contributed by atoms with Crippen LogP contribution < -0.4 is 10.6 Å². The number of amides is 1. The van der Waals surface area contributed by atoms with E-state index in [2.05, 4.69) is 24.5 Å². The summed E-state index contributed by atoms with van der Waals surface area (Å²) in [4.78, 5) is 12.1. The van der Waals surface area contributed by atoms with Crippen molar-refractivity contribution in [3.05, 3.63) is 64.7 Å². The molecule has 0 aliphatic heterocycles. The number of carbonyl (C=O) groups excluding carboxylic acids is 1. The second-order valence-corrected chi connectivity index (χ2v) is 6.04. The molecule has 22 heavy (non-hydrogen) atoms. The van der Waals surface area contributed by atoms with Crippen LogP contribution in [-0.2, 0) is 0 Å². The molecular formula is C17H17ClN2OS. The van der Waals surface area contributed by atoms with Crippen LogP contribution in [0.2, 0.25) is 5.02 Å². The van der Waals surface area contributed by atoms with E-state index < -0.39 is 0 Å². The first-order valence-corrected chi connectivity index (χ1v) is 7.72. The number of thiocarbonyl (C=S) groups is 1. The lowest BCUT2D eigenvalue weighted by Gasteiger charge is -2.10. The van der Waals surface area contributed by atoms with Crippen LogP contribution in [0.5, 0.6) is 0 Å². The Bertz CT molecular complexity index is 666. The molecule has 0 saturated heterocycles. The third kappa shape index (κ3) is 4.55. The van der Waals surface area contributed by atoms with Crippen molar-refractivity contribution in [2.24, 2.45) is 0 Å². The van der Waals surface area contributed by atoms with Gasteiger partial charge >= 0.3 is 0 Å². The zero-order valence-electron chi connectivity index (χ0n) is 12.4. The van der Waals surface area contributed by atoms with E-state index in [9.17, 15) is 4.79 Å². The van der Waals surface area contributed by atoms with E-state index in [1.807, 2.05) is 12.1 Å². The molecule has 0 unspecified atom stereocenters. The molecule has 2 aromatic rings. The van der Waals surface area contributed by atoms with Gasteiger partial charge in [0.15, 0.2) is 5.11 Å². The van der Waals surface area contributed by atoms with E-state index >= 15 is 0 Å². The lowest BCUT2D eigenvalue weighted by atomic mass is 10.0. The van der Waals surface area contributed by atoms with Gasteiger partial charge in [0.25, 0.3) is 5.91 Å². The average molecular weight is 333 g/mol. The minimum Gasteiger partial charge on any atom is -0.332 e. The van der Waals surface area contributed by atoms with Gasteiger partial charge in [0.2, 0.25) is 0 Å². The number of nitrogens with one attached hydrogen (secondary N) is 2. The molecule has 1 amide bonds. The van der Waals surface area contributed by atoms with Gasteiger partial charge in [-0.2, -0.15) is 0 Å². The van der Waals surface area contributed by atoms with Crippen LogP contribution in [0.15, 0.2) is 48.5 Å². The Morgan fingerprint density at radius 3 is 2.18 bits per heavy atom. The third-order valence-corrected chi connectivity index (χ3v) is 3.62. The first kappa shape index (κ1) is 16.5. The molecule has 0 heterocycles.